The summed E-state index contributed by atoms with van der Waals surface area (Å²) in [7, 11) is 1.27. The lowest BCUT2D eigenvalue weighted by Gasteiger charge is -2.11. The van der Waals surface area contributed by atoms with E-state index in [1.54, 1.807) is 18.2 Å². The van der Waals surface area contributed by atoms with Gasteiger partial charge < -0.3 is 15.2 Å². The van der Waals surface area contributed by atoms with Crippen molar-refractivity contribution in [1.29, 1.82) is 0 Å². The van der Waals surface area contributed by atoms with Crippen LogP contribution in [0.2, 0.25) is 0 Å². The molecule has 0 bridgehead atoms. The van der Waals surface area contributed by atoms with Gasteiger partial charge in [0.15, 0.2) is 0 Å². The summed E-state index contributed by atoms with van der Waals surface area (Å²) in [4.78, 5) is 11.6. The average molecular weight is 354 g/mol. The molecule has 0 aliphatic carbocycles. The maximum Gasteiger partial charge on any atom is 0.339 e. The van der Waals surface area contributed by atoms with E-state index in [9.17, 15) is 14.3 Å². The third-order valence-corrected chi connectivity index (χ3v) is 3.52. The van der Waals surface area contributed by atoms with E-state index in [-0.39, 0.29) is 11.3 Å². The Hall–Kier alpha value is -2.08. The normalized spacial score (nSPS) is 10.2. The maximum absolute atomic E-state index is 13.3. The summed E-state index contributed by atoms with van der Waals surface area (Å²) in [6.45, 7) is 0.367. The Bertz CT molecular complexity index is 676. The minimum Gasteiger partial charge on any atom is -0.507 e. The fourth-order valence-electron chi connectivity index (χ4n) is 1.81. The van der Waals surface area contributed by atoms with Gasteiger partial charge in [0, 0.05) is 6.54 Å². The number of nitrogens with one attached hydrogen (secondary N) is 1. The lowest BCUT2D eigenvalue weighted by Crippen LogP contribution is -2.08. The molecule has 0 aliphatic heterocycles. The molecule has 2 N–H and O–H groups in total. The van der Waals surface area contributed by atoms with Gasteiger partial charge >= 0.3 is 5.97 Å². The van der Waals surface area contributed by atoms with E-state index in [4.69, 9.17) is 0 Å². The van der Waals surface area contributed by atoms with Gasteiger partial charge in [-0.2, -0.15) is 0 Å². The Morgan fingerprint density at radius 1 is 1.33 bits per heavy atom. The topological polar surface area (TPSA) is 58.6 Å². The Kier molecular flexibility index (Phi) is 4.80. The number of esters is 1. The van der Waals surface area contributed by atoms with Crippen LogP contribution in [0.5, 0.6) is 5.75 Å². The molecular weight excluding hydrogens is 341 g/mol. The van der Waals surface area contributed by atoms with Gasteiger partial charge in [0.2, 0.25) is 0 Å². The Morgan fingerprint density at radius 3 is 2.76 bits per heavy atom. The number of carbonyl (C=O) groups is 1. The molecule has 0 spiro atoms. The molecule has 21 heavy (non-hydrogen) atoms. The van der Waals surface area contributed by atoms with Crippen molar-refractivity contribution in [2.45, 2.75) is 6.54 Å². The van der Waals surface area contributed by atoms with Crippen molar-refractivity contribution < 1.29 is 19.0 Å². The largest absolute Gasteiger partial charge is 0.507 e. The fraction of sp³-hybridized carbons (Fsp3) is 0.133. The van der Waals surface area contributed by atoms with Crippen LogP contribution in [0.25, 0.3) is 0 Å². The summed E-state index contributed by atoms with van der Waals surface area (Å²) in [6.07, 6.45) is 0. The third-order valence-electron chi connectivity index (χ3n) is 2.88. The minimum absolute atomic E-state index is 0.139. The molecule has 0 aliphatic rings. The average Bonchev–Trinajstić information content (AvgIpc) is 2.48. The van der Waals surface area contributed by atoms with E-state index in [1.807, 2.05) is 0 Å². The predicted molar refractivity (Wildman–Crippen MR) is 80.9 cm³/mol. The van der Waals surface area contributed by atoms with Crippen LogP contribution in [0.15, 0.2) is 40.9 Å². The second kappa shape index (κ2) is 6.58. The van der Waals surface area contributed by atoms with Crippen molar-refractivity contribution in [2.24, 2.45) is 0 Å². The number of methoxy groups -OCH3 is 1. The van der Waals surface area contributed by atoms with Crippen LogP contribution >= 0.6 is 15.9 Å². The number of rotatable bonds is 4. The molecule has 4 nitrogen and oxygen atoms in total. The summed E-state index contributed by atoms with van der Waals surface area (Å²) in [5, 5.41) is 12.4. The Morgan fingerprint density at radius 2 is 2.10 bits per heavy atom. The van der Waals surface area contributed by atoms with Gasteiger partial charge in [0.05, 0.1) is 22.8 Å². The third kappa shape index (κ3) is 3.72. The smallest absolute Gasteiger partial charge is 0.339 e. The molecule has 0 heterocycles. The zero-order valence-corrected chi connectivity index (χ0v) is 12.8. The number of hydrogen-bond donors (Lipinski definition) is 2. The molecule has 2 aromatic rings. The number of hydrogen-bond acceptors (Lipinski definition) is 4. The molecule has 0 saturated heterocycles. The number of aromatic hydroxyl groups is 1. The van der Waals surface area contributed by atoms with Crippen molar-refractivity contribution in [2.75, 3.05) is 12.4 Å². The maximum atomic E-state index is 13.3. The van der Waals surface area contributed by atoms with Gasteiger partial charge in [-0.25, -0.2) is 9.18 Å². The van der Waals surface area contributed by atoms with Gasteiger partial charge in [0.1, 0.15) is 11.6 Å². The monoisotopic (exact) mass is 353 g/mol. The van der Waals surface area contributed by atoms with E-state index in [1.165, 1.54) is 25.3 Å². The molecule has 0 fully saturated rings. The molecule has 2 rings (SSSR count). The van der Waals surface area contributed by atoms with Crippen LogP contribution in [0, 0.1) is 5.82 Å². The number of phenols is 1. The number of benzene rings is 2. The number of anilines is 1. The van der Waals surface area contributed by atoms with E-state index in [0.717, 1.165) is 5.56 Å². The van der Waals surface area contributed by atoms with Crippen LogP contribution < -0.4 is 5.32 Å². The lowest BCUT2D eigenvalue weighted by molar-refractivity contribution is 0.0601. The van der Waals surface area contributed by atoms with Gasteiger partial charge in [-0.05, 0) is 51.8 Å². The van der Waals surface area contributed by atoms with Crippen LogP contribution in [0.3, 0.4) is 0 Å². The first-order valence-corrected chi connectivity index (χ1v) is 6.89. The zero-order valence-electron chi connectivity index (χ0n) is 11.2. The van der Waals surface area contributed by atoms with Crippen molar-refractivity contribution in [3.63, 3.8) is 0 Å². The highest BCUT2D eigenvalue weighted by Crippen LogP contribution is 2.25. The summed E-state index contributed by atoms with van der Waals surface area (Å²) in [6, 6.07) is 8.82. The van der Waals surface area contributed by atoms with E-state index in [2.05, 4.69) is 26.0 Å². The molecule has 0 radical (unpaired) electrons. The Balaban J connectivity index is 2.20. The van der Waals surface area contributed by atoms with Crippen molar-refractivity contribution in [3.8, 4) is 5.75 Å². The predicted octanol–water partition coefficient (Wildman–Crippen LogP) is 3.69. The number of phenolic OH excluding ortho intramolecular Hbond substituents is 1. The van der Waals surface area contributed by atoms with Crippen molar-refractivity contribution >= 4 is 27.6 Å². The number of carbonyl (C=O) groups excluding carboxylic acids is 1. The highest BCUT2D eigenvalue weighted by atomic mass is 79.9. The number of ether oxygens (including phenoxy) is 1. The first kappa shape index (κ1) is 15.3. The molecule has 0 atom stereocenters. The lowest BCUT2D eigenvalue weighted by atomic mass is 10.1. The summed E-state index contributed by atoms with van der Waals surface area (Å²) >= 11 is 3.22. The molecular formula is C15H13BrFNO3. The van der Waals surface area contributed by atoms with E-state index < -0.39 is 11.8 Å². The van der Waals surface area contributed by atoms with Crippen LogP contribution in [-0.4, -0.2) is 18.2 Å². The van der Waals surface area contributed by atoms with Gasteiger partial charge in [-0.1, -0.05) is 6.07 Å². The van der Waals surface area contributed by atoms with Crippen LogP contribution in [-0.2, 0) is 11.3 Å². The zero-order chi connectivity index (χ0) is 15.4. The molecule has 0 aromatic heterocycles. The fourth-order valence-corrected chi connectivity index (χ4v) is 2.23. The van der Waals surface area contributed by atoms with Gasteiger partial charge in [0.25, 0.3) is 0 Å². The van der Waals surface area contributed by atoms with Crippen molar-refractivity contribution in [3.05, 3.63) is 57.8 Å². The molecule has 0 amide bonds. The summed E-state index contributed by atoms with van der Waals surface area (Å²) in [5.41, 5.74) is 1.47. The minimum atomic E-state index is -0.538. The van der Waals surface area contributed by atoms with Gasteiger partial charge in [-0.3, -0.25) is 0 Å². The van der Waals surface area contributed by atoms with Crippen molar-refractivity contribution in [1.82, 2.24) is 0 Å². The molecule has 0 unspecified atom stereocenters. The quantitative estimate of drug-likeness (QED) is 0.823. The molecule has 6 heteroatoms. The highest BCUT2D eigenvalue weighted by molar-refractivity contribution is 9.10. The summed E-state index contributed by atoms with van der Waals surface area (Å²) < 4.78 is 18.6. The van der Waals surface area contributed by atoms with E-state index >= 15 is 0 Å². The first-order valence-electron chi connectivity index (χ1n) is 6.10. The van der Waals surface area contributed by atoms with Gasteiger partial charge in [-0.15, -0.1) is 0 Å². The van der Waals surface area contributed by atoms with Crippen LogP contribution in [0.4, 0.5) is 10.1 Å². The second-order valence-electron chi connectivity index (χ2n) is 4.32. The summed E-state index contributed by atoms with van der Waals surface area (Å²) in [5.74, 6) is -0.846. The van der Waals surface area contributed by atoms with E-state index in [0.29, 0.717) is 16.7 Å². The number of halogens is 2. The molecule has 0 saturated carbocycles. The van der Waals surface area contributed by atoms with Crippen LogP contribution in [0.1, 0.15) is 15.9 Å². The highest BCUT2D eigenvalue weighted by Gasteiger charge is 2.12. The molecule has 110 valence electrons. The molecule has 2 aromatic carbocycles. The Labute approximate surface area is 129 Å². The SMILES string of the molecule is COC(=O)c1ccc(F)cc1NCc1ccc(O)c(Br)c1. The standard InChI is InChI=1S/C15H13BrFNO3/c1-21-15(20)11-4-3-10(17)7-13(11)18-8-9-2-5-14(19)12(16)6-9/h2-7,18-19H,8H2,1H3. The first-order chi connectivity index (χ1) is 10.0. The second-order valence-corrected chi connectivity index (χ2v) is 5.18.